The Kier molecular flexibility index (Phi) is 2.61. The molecule has 0 spiro atoms. The number of fused-ring (bicyclic) bond motifs is 4. The first-order chi connectivity index (χ1) is 11.1. The fraction of sp³-hybridized carbons (Fsp3) is 0.0667. The number of non-ortho nitro benzene ring substituents is 1. The Bertz CT molecular complexity index is 1080. The van der Waals surface area contributed by atoms with E-state index in [-0.39, 0.29) is 11.2 Å². The Morgan fingerprint density at radius 3 is 2.87 bits per heavy atom. The van der Waals surface area contributed by atoms with Crippen LogP contribution in [0.1, 0.15) is 11.4 Å². The summed E-state index contributed by atoms with van der Waals surface area (Å²) >= 11 is 0. The minimum atomic E-state index is -0.481. The summed E-state index contributed by atoms with van der Waals surface area (Å²) in [4.78, 5) is 36.0. The van der Waals surface area contributed by atoms with E-state index >= 15 is 0 Å². The van der Waals surface area contributed by atoms with Crippen molar-refractivity contribution in [2.24, 2.45) is 4.99 Å². The van der Waals surface area contributed by atoms with Crippen molar-refractivity contribution in [1.29, 1.82) is 0 Å². The molecule has 1 aliphatic rings. The van der Waals surface area contributed by atoms with Crippen LogP contribution in [0.2, 0.25) is 0 Å². The molecule has 23 heavy (non-hydrogen) atoms. The molecule has 0 radical (unpaired) electrons. The second-order valence-corrected chi connectivity index (χ2v) is 4.98. The van der Waals surface area contributed by atoms with Gasteiger partial charge in [0.1, 0.15) is 5.71 Å². The fourth-order valence-electron chi connectivity index (χ4n) is 2.77. The second-order valence-electron chi connectivity index (χ2n) is 4.98. The van der Waals surface area contributed by atoms with Crippen molar-refractivity contribution in [3.63, 3.8) is 0 Å². The zero-order valence-corrected chi connectivity index (χ0v) is 11.9. The van der Waals surface area contributed by atoms with Crippen LogP contribution in [0.15, 0.2) is 46.3 Å². The largest absolute Gasteiger partial charge is 0.284 e. The van der Waals surface area contributed by atoms with E-state index in [4.69, 9.17) is 0 Å². The van der Waals surface area contributed by atoms with E-state index in [9.17, 15) is 14.9 Å². The average molecular weight is 307 g/mol. The lowest BCUT2D eigenvalue weighted by Gasteiger charge is -2.04. The minimum Gasteiger partial charge on any atom is -0.284 e. The number of aliphatic imine (C=N–C) groups is 1. The van der Waals surface area contributed by atoms with E-state index in [1.807, 2.05) is 0 Å². The molecule has 0 saturated heterocycles. The van der Waals surface area contributed by atoms with Gasteiger partial charge in [0.25, 0.3) is 11.2 Å². The average Bonchev–Trinajstić information content (AvgIpc) is 2.87. The third-order valence-corrected chi connectivity index (χ3v) is 3.77. The van der Waals surface area contributed by atoms with Gasteiger partial charge in [-0.3, -0.25) is 24.5 Å². The molecule has 0 amide bonds. The molecule has 0 fully saturated rings. The predicted molar refractivity (Wildman–Crippen MR) is 83.4 cm³/mol. The van der Waals surface area contributed by atoms with Crippen molar-refractivity contribution in [1.82, 2.24) is 14.5 Å². The van der Waals surface area contributed by atoms with Gasteiger partial charge in [0.15, 0.2) is 11.5 Å². The molecule has 1 aliphatic heterocycles. The molecule has 0 atom stereocenters. The third-order valence-electron chi connectivity index (χ3n) is 3.77. The van der Waals surface area contributed by atoms with Crippen LogP contribution in [-0.4, -0.2) is 32.2 Å². The summed E-state index contributed by atoms with van der Waals surface area (Å²) in [6.07, 6.45) is 1.56. The van der Waals surface area contributed by atoms with E-state index < -0.39 is 4.92 Å². The van der Waals surface area contributed by atoms with Gasteiger partial charge in [-0.1, -0.05) is 0 Å². The Morgan fingerprint density at radius 1 is 1.30 bits per heavy atom. The molecule has 4 rings (SSSR count). The van der Waals surface area contributed by atoms with Crippen LogP contribution in [0.3, 0.4) is 0 Å². The SMILES string of the molecule is CN=C1c2cc([N+](=O)[O-])ccc2-n2c1nc1ncccc1c2=O. The lowest BCUT2D eigenvalue weighted by molar-refractivity contribution is -0.384. The van der Waals surface area contributed by atoms with Crippen LogP contribution >= 0.6 is 0 Å². The standard InChI is InChI=1S/C15H9N5O3/c1-16-12-10-7-8(20(22)23)4-5-11(10)19-14(12)18-13-9(15(19)21)3-2-6-17-13/h2-7H,1H3. The number of benzene rings is 1. The van der Waals surface area contributed by atoms with Crippen LogP contribution < -0.4 is 5.56 Å². The van der Waals surface area contributed by atoms with Gasteiger partial charge in [-0.15, -0.1) is 0 Å². The quantitative estimate of drug-likeness (QED) is 0.391. The first-order valence-electron chi connectivity index (χ1n) is 6.76. The van der Waals surface area contributed by atoms with Gasteiger partial charge in [-0.25, -0.2) is 9.97 Å². The molecule has 8 heteroatoms. The topological polar surface area (TPSA) is 103 Å². The Morgan fingerprint density at radius 2 is 2.13 bits per heavy atom. The molecule has 3 heterocycles. The molecule has 0 unspecified atom stereocenters. The van der Waals surface area contributed by atoms with Crippen LogP contribution in [0, 0.1) is 10.1 Å². The number of hydrogen-bond acceptors (Lipinski definition) is 6. The molecule has 112 valence electrons. The Balaban J connectivity index is 2.13. The summed E-state index contributed by atoms with van der Waals surface area (Å²) in [5, 5.41) is 11.4. The number of nitrogens with zero attached hydrogens (tertiary/aromatic N) is 5. The molecule has 2 aromatic heterocycles. The van der Waals surface area contributed by atoms with Crippen molar-refractivity contribution < 1.29 is 4.92 Å². The summed E-state index contributed by atoms with van der Waals surface area (Å²) < 4.78 is 1.42. The fourth-order valence-corrected chi connectivity index (χ4v) is 2.77. The number of hydrogen-bond donors (Lipinski definition) is 0. The van der Waals surface area contributed by atoms with E-state index in [0.717, 1.165) is 0 Å². The van der Waals surface area contributed by atoms with Gasteiger partial charge < -0.3 is 0 Å². The lowest BCUT2D eigenvalue weighted by Crippen LogP contribution is -2.22. The van der Waals surface area contributed by atoms with Crippen molar-refractivity contribution in [3.05, 3.63) is 68.4 Å². The molecule has 8 nitrogen and oxygen atoms in total. The first-order valence-corrected chi connectivity index (χ1v) is 6.76. The lowest BCUT2D eigenvalue weighted by atomic mass is 10.1. The number of pyridine rings is 1. The second kappa shape index (κ2) is 4.54. The summed E-state index contributed by atoms with van der Waals surface area (Å²) in [7, 11) is 1.56. The van der Waals surface area contributed by atoms with Crippen molar-refractivity contribution in [3.8, 4) is 5.69 Å². The van der Waals surface area contributed by atoms with Gasteiger partial charge in [0, 0.05) is 30.9 Å². The number of nitro groups is 1. The first kappa shape index (κ1) is 13.3. The molecule has 0 aliphatic carbocycles. The van der Waals surface area contributed by atoms with Crippen LogP contribution in [0.4, 0.5) is 5.69 Å². The van der Waals surface area contributed by atoms with Gasteiger partial charge in [-0.05, 0) is 18.2 Å². The highest BCUT2D eigenvalue weighted by Gasteiger charge is 2.30. The van der Waals surface area contributed by atoms with Crippen molar-refractivity contribution in [2.75, 3.05) is 7.05 Å². The van der Waals surface area contributed by atoms with Crippen molar-refractivity contribution in [2.45, 2.75) is 0 Å². The smallest absolute Gasteiger partial charge is 0.270 e. The van der Waals surface area contributed by atoms with E-state index in [1.54, 1.807) is 31.4 Å². The van der Waals surface area contributed by atoms with Gasteiger partial charge in [-0.2, -0.15) is 0 Å². The monoisotopic (exact) mass is 307 g/mol. The summed E-state index contributed by atoms with van der Waals surface area (Å²) in [6, 6.07) is 7.63. The normalized spacial score (nSPS) is 14.0. The number of rotatable bonds is 1. The van der Waals surface area contributed by atoms with Crippen LogP contribution in [-0.2, 0) is 0 Å². The molecule has 0 N–H and O–H groups in total. The summed E-state index contributed by atoms with van der Waals surface area (Å²) in [5.74, 6) is 0.346. The third kappa shape index (κ3) is 1.71. The number of nitro benzene ring substituents is 1. The molecule has 3 aromatic rings. The minimum absolute atomic E-state index is 0.0616. The highest BCUT2D eigenvalue weighted by molar-refractivity contribution is 6.17. The maximum Gasteiger partial charge on any atom is 0.270 e. The van der Waals surface area contributed by atoms with Gasteiger partial charge >= 0.3 is 0 Å². The maximum atomic E-state index is 12.8. The van der Waals surface area contributed by atoms with E-state index in [1.165, 1.54) is 16.7 Å². The Hall–Kier alpha value is -3.42. The van der Waals surface area contributed by atoms with Gasteiger partial charge in [0.05, 0.1) is 16.0 Å². The van der Waals surface area contributed by atoms with E-state index in [0.29, 0.717) is 33.8 Å². The van der Waals surface area contributed by atoms with Crippen LogP contribution in [0.25, 0.3) is 16.7 Å². The molecule has 0 saturated carbocycles. The highest BCUT2D eigenvalue weighted by Crippen LogP contribution is 2.29. The van der Waals surface area contributed by atoms with Gasteiger partial charge in [0.2, 0.25) is 0 Å². The molecular formula is C15H9N5O3. The zero-order valence-electron chi connectivity index (χ0n) is 11.9. The predicted octanol–water partition coefficient (Wildman–Crippen LogP) is 1.47. The van der Waals surface area contributed by atoms with Crippen molar-refractivity contribution >= 4 is 22.4 Å². The van der Waals surface area contributed by atoms with Crippen LogP contribution in [0.5, 0.6) is 0 Å². The van der Waals surface area contributed by atoms with E-state index in [2.05, 4.69) is 15.0 Å². The maximum absolute atomic E-state index is 12.8. The molecule has 1 aromatic carbocycles. The summed E-state index contributed by atoms with van der Waals surface area (Å²) in [5.41, 5.74) is 1.48. The summed E-state index contributed by atoms with van der Waals surface area (Å²) in [6.45, 7) is 0. The zero-order chi connectivity index (χ0) is 16.1. The highest BCUT2D eigenvalue weighted by atomic mass is 16.6. The molecule has 0 bridgehead atoms. The Labute approximate surface area is 128 Å². The number of aromatic nitrogens is 3. The molecular weight excluding hydrogens is 298 g/mol.